The molecule has 0 heterocycles. The molecule has 0 aliphatic heterocycles. The lowest BCUT2D eigenvalue weighted by atomic mass is 9.93. The molecule has 0 aromatic rings. The summed E-state index contributed by atoms with van der Waals surface area (Å²) in [6, 6.07) is 0.908. The van der Waals surface area contributed by atoms with E-state index in [2.05, 4.69) is 25.7 Å². The van der Waals surface area contributed by atoms with Crippen LogP contribution in [0.3, 0.4) is 0 Å². The van der Waals surface area contributed by atoms with E-state index in [4.69, 9.17) is 0 Å². The van der Waals surface area contributed by atoms with Gasteiger partial charge in [-0.2, -0.15) is 0 Å². The fourth-order valence-corrected chi connectivity index (χ4v) is 2.63. The van der Waals surface area contributed by atoms with Gasteiger partial charge in [-0.1, -0.05) is 40.0 Å². The van der Waals surface area contributed by atoms with Crippen molar-refractivity contribution in [2.24, 2.45) is 5.92 Å². The fraction of sp³-hybridized carbons (Fsp3) is 1.00. The van der Waals surface area contributed by atoms with Crippen molar-refractivity contribution in [3.8, 4) is 0 Å². The first-order valence-corrected chi connectivity index (χ1v) is 6.48. The first-order chi connectivity index (χ1) is 6.74. The van der Waals surface area contributed by atoms with Crippen LogP contribution >= 0.6 is 0 Å². The van der Waals surface area contributed by atoms with Gasteiger partial charge in [-0.25, -0.2) is 0 Å². The van der Waals surface area contributed by atoms with Crippen LogP contribution in [0.15, 0.2) is 0 Å². The summed E-state index contributed by atoms with van der Waals surface area (Å²) in [4.78, 5) is 2.74. The molecule has 0 aromatic heterocycles. The minimum absolute atomic E-state index is 0.823. The number of hydrogen-bond donors (Lipinski definition) is 0. The van der Waals surface area contributed by atoms with Crippen molar-refractivity contribution in [1.29, 1.82) is 0 Å². The van der Waals surface area contributed by atoms with Gasteiger partial charge in [0.05, 0.1) is 0 Å². The Morgan fingerprint density at radius 1 is 1.14 bits per heavy atom. The molecule has 14 heavy (non-hydrogen) atoms. The summed E-state index contributed by atoms with van der Waals surface area (Å²) in [5, 5.41) is 0. The largest absolute Gasteiger partial charge is 0.300 e. The SMILES string of the molecule is CCCN(CC(C)C)C1CCCCC1. The molecule has 1 saturated carbocycles. The van der Waals surface area contributed by atoms with E-state index in [0.29, 0.717) is 0 Å². The van der Waals surface area contributed by atoms with Crippen LogP contribution < -0.4 is 0 Å². The maximum absolute atomic E-state index is 2.74. The molecule has 84 valence electrons. The molecular weight excluding hydrogens is 170 g/mol. The molecule has 1 rings (SSSR count). The smallest absolute Gasteiger partial charge is 0.00953 e. The molecule has 0 bridgehead atoms. The Morgan fingerprint density at radius 3 is 2.29 bits per heavy atom. The minimum atomic E-state index is 0.823. The minimum Gasteiger partial charge on any atom is -0.300 e. The Hall–Kier alpha value is -0.0400. The highest BCUT2D eigenvalue weighted by molar-refractivity contribution is 4.76. The summed E-state index contributed by atoms with van der Waals surface area (Å²) in [6.45, 7) is 9.59. The highest BCUT2D eigenvalue weighted by Gasteiger charge is 2.20. The number of nitrogens with zero attached hydrogens (tertiary/aromatic N) is 1. The van der Waals surface area contributed by atoms with E-state index >= 15 is 0 Å². The summed E-state index contributed by atoms with van der Waals surface area (Å²) >= 11 is 0. The molecule has 1 nitrogen and oxygen atoms in total. The second-order valence-electron chi connectivity index (χ2n) is 5.18. The van der Waals surface area contributed by atoms with Gasteiger partial charge < -0.3 is 4.90 Å². The third-order valence-corrected chi connectivity index (χ3v) is 3.20. The molecule has 0 unspecified atom stereocenters. The predicted octanol–water partition coefficient (Wildman–Crippen LogP) is 3.69. The quantitative estimate of drug-likeness (QED) is 0.650. The van der Waals surface area contributed by atoms with Gasteiger partial charge in [-0.15, -0.1) is 0 Å². The molecule has 0 spiro atoms. The van der Waals surface area contributed by atoms with Gasteiger partial charge >= 0.3 is 0 Å². The number of hydrogen-bond acceptors (Lipinski definition) is 1. The van der Waals surface area contributed by atoms with Gasteiger partial charge in [0, 0.05) is 12.6 Å². The molecular formula is C13H27N. The van der Waals surface area contributed by atoms with Crippen molar-refractivity contribution < 1.29 is 0 Å². The second-order valence-corrected chi connectivity index (χ2v) is 5.18. The van der Waals surface area contributed by atoms with Crippen molar-refractivity contribution in [3.05, 3.63) is 0 Å². The normalized spacial score (nSPS) is 19.5. The highest BCUT2D eigenvalue weighted by Crippen LogP contribution is 2.23. The van der Waals surface area contributed by atoms with Gasteiger partial charge in [0.15, 0.2) is 0 Å². The highest BCUT2D eigenvalue weighted by atomic mass is 15.2. The van der Waals surface area contributed by atoms with Crippen LogP contribution in [0.25, 0.3) is 0 Å². The van der Waals surface area contributed by atoms with Crippen molar-refractivity contribution in [1.82, 2.24) is 4.90 Å². The van der Waals surface area contributed by atoms with Crippen molar-refractivity contribution in [3.63, 3.8) is 0 Å². The molecule has 0 radical (unpaired) electrons. The zero-order valence-electron chi connectivity index (χ0n) is 10.3. The average molecular weight is 197 g/mol. The topological polar surface area (TPSA) is 3.24 Å². The molecule has 1 heteroatoms. The van der Waals surface area contributed by atoms with Gasteiger partial charge in [0.25, 0.3) is 0 Å². The van der Waals surface area contributed by atoms with E-state index < -0.39 is 0 Å². The molecule has 0 amide bonds. The lowest BCUT2D eigenvalue weighted by molar-refractivity contribution is 0.140. The second kappa shape index (κ2) is 6.44. The monoisotopic (exact) mass is 197 g/mol. The van der Waals surface area contributed by atoms with Gasteiger partial charge in [0.2, 0.25) is 0 Å². The van der Waals surface area contributed by atoms with Crippen LogP contribution in [0, 0.1) is 5.92 Å². The van der Waals surface area contributed by atoms with Gasteiger partial charge in [-0.3, -0.25) is 0 Å². The van der Waals surface area contributed by atoms with E-state index in [1.54, 1.807) is 0 Å². The predicted molar refractivity (Wildman–Crippen MR) is 63.6 cm³/mol. The van der Waals surface area contributed by atoms with Gasteiger partial charge in [0.1, 0.15) is 0 Å². The zero-order valence-corrected chi connectivity index (χ0v) is 10.3. The summed E-state index contributed by atoms with van der Waals surface area (Å²) in [6.07, 6.45) is 8.60. The first-order valence-electron chi connectivity index (χ1n) is 6.48. The van der Waals surface area contributed by atoms with Crippen molar-refractivity contribution >= 4 is 0 Å². The Morgan fingerprint density at radius 2 is 1.79 bits per heavy atom. The van der Waals surface area contributed by atoms with Crippen LogP contribution in [-0.2, 0) is 0 Å². The molecule has 1 aliphatic carbocycles. The Balaban J connectivity index is 2.38. The fourth-order valence-electron chi connectivity index (χ4n) is 2.63. The van der Waals surface area contributed by atoms with Gasteiger partial charge in [-0.05, 0) is 31.7 Å². The van der Waals surface area contributed by atoms with E-state index in [1.807, 2.05) is 0 Å². The number of rotatable bonds is 5. The molecule has 0 saturated heterocycles. The van der Waals surface area contributed by atoms with E-state index in [1.165, 1.54) is 51.6 Å². The first kappa shape index (κ1) is 12.0. The molecule has 0 atom stereocenters. The summed E-state index contributed by atoms with van der Waals surface area (Å²) in [5.41, 5.74) is 0. The van der Waals surface area contributed by atoms with Crippen LogP contribution in [0.1, 0.15) is 59.3 Å². The summed E-state index contributed by atoms with van der Waals surface area (Å²) in [5.74, 6) is 0.823. The lowest BCUT2D eigenvalue weighted by Gasteiger charge is -2.35. The van der Waals surface area contributed by atoms with Crippen molar-refractivity contribution in [2.45, 2.75) is 65.3 Å². The van der Waals surface area contributed by atoms with Crippen LogP contribution in [0.2, 0.25) is 0 Å². The van der Waals surface area contributed by atoms with E-state index in [0.717, 1.165) is 12.0 Å². The molecule has 0 N–H and O–H groups in total. The third kappa shape index (κ3) is 4.00. The molecule has 1 aliphatic rings. The standard InChI is InChI=1S/C13H27N/c1-4-10-14(11-12(2)3)13-8-6-5-7-9-13/h12-13H,4-11H2,1-3H3. The maximum Gasteiger partial charge on any atom is 0.00953 e. The molecule has 1 fully saturated rings. The van der Waals surface area contributed by atoms with E-state index in [-0.39, 0.29) is 0 Å². The maximum atomic E-state index is 2.74. The Bertz CT molecular complexity index is 136. The third-order valence-electron chi connectivity index (χ3n) is 3.20. The van der Waals surface area contributed by atoms with Crippen molar-refractivity contribution in [2.75, 3.05) is 13.1 Å². The Labute approximate surface area is 89.9 Å². The molecule has 0 aromatic carbocycles. The van der Waals surface area contributed by atoms with Crippen LogP contribution in [-0.4, -0.2) is 24.0 Å². The van der Waals surface area contributed by atoms with Crippen LogP contribution in [0.4, 0.5) is 0 Å². The average Bonchev–Trinajstić information content (AvgIpc) is 2.18. The van der Waals surface area contributed by atoms with Crippen LogP contribution in [0.5, 0.6) is 0 Å². The Kier molecular flexibility index (Phi) is 5.54. The summed E-state index contributed by atoms with van der Waals surface area (Å²) in [7, 11) is 0. The lowest BCUT2D eigenvalue weighted by Crippen LogP contribution is -2.39. The summed E-state index contributed by atoms with van der Waals surface area (Å²) < 4.78 is 0. The zero-order chi connectivity index (χ0) is 10.4. The van der Waals surface area contributed by atoms with E-state index in [9.17, 15) is 0 Å².